The average Bonchev–Trinajstić information content (AvgIpc) is 2.65. The minimum Gasteiger partial charge on any atom is -0.377 e. The predicted octanol–water partition coefficient (Wildman–Crippen LogP) is 2.75. The molecule has 2 N–H and O–H groups in total. The highest BCUT2D eigenvalue weighted by Gasteiger charge is 2.08. The molecular weight excluding hydrogens is 270 g/mol. The Kier molecular flexibility index (Phi) is 2.87. The number of nitrogen functional groups attached to an aromatic ring is 1. The molecule has 1 aromatic carbocycles. The Balaban J connectivity index is 2.47. The maximum atomic E-state index is 5.49. The molecule has 0 aliphatic carbocycles. The third-order valence-corrected chi connectivity index (χ3v) is 2.92. The van der Waals surface area contributed by atoms with E-state index in [1.807, 2.05) is 37.2 Å². The van der Waals surface area contributed by atoms with Gasteiger partial charge in [-0.25, -0.2) is 0 Å². The van der Waals surface area contributed by atoms with Gasteiger partial charge in [0, 0.05) is 30.2 Å². The summed E-state index contributed by atoms with van der Waals surface area (Å²) in [6.07, 6.45) is 0. The van der Waals surface area contributed by atoms with Crippen LogP contribution in [0.1, 0.15) is 0 Å². The number of anilines is 2. The molecule has 2 rings (SSSR count). The van der Waals surface area contributed by atoms with Crippen molar-refractivity contribution in [3.63, 3.8) is 0 Å². The minimum atomic E-state index is 0.323. The van der Waals surface area contributed by atoms with E-state index in [0.29, 0.717) is 5.88 Å². The molecule has 16 heavy (non-hydrogen) atoms. The van der Waals surface area contributed by atoms with Gasteiger partial charge in [-0.2, -0.15) is 0 Å². The molecule has 0 atom stereocenters. The molecule has 0 fully saturated rings. The summed E-state index contributed by atoms with van der Waals surface area (Å²) in [7, 11) is 3.97. The Bertz CT molecular complexity index is 508. The van der Waals surface area contributed by atoms with Crippen LogP contribution in [0.4, 0.5) is 11.6 Å². The SMILES string of the molecule is CN(C)c1cc(-c2cc(N)on2)ccc1Br. The lowest BCUT2D eigenvalue weighted by atomic mass is 10.1. The van der Waals surface area contributed by atoms with Gasteiger partial charge in [0.2, 0.25) is 5.88 Å². The standard InChI is InChI=1S/C11H12BrN3O/c1-15(2)10-5-7(3-4-8(10)12)9-6-11(13)16-14-9/h3-6H,13H2,1-2H3. The summed E-state index contributed by atoms with van der Waals surface area (Å²) in [5, 5.41) is 3.88. The van der Waals surface area contributed by atoms with Crippen LogP contribution in [0, 0.1) is 0 Å². The van der Waals surface area contributed by atoms with Crippen LogP contribution in [0.15, 0.2) is 33.3 Å². The molecule has 1 heterocycles. The van der Waals surface area contributed by atoms with Crippen molar-refractivity contribution in [1.82, 2.24) is 5.16 Å². The van der Waals surface area contributed by atoms with Crippen molar-refractivity contribution < 1.29 is 4.52 Å². The molecular formula is C11H12BrN3O. The second-order valence-electron chi connectivity index (χ2n) is 3.68. The van der Waals surface area contributed by atoms with Crippen molar-refractivity contribution in [3.8, 4) is 11.3 Å². The van der Waals surface area contributed by atoms with Gasteiger partial charge in [0.25, 0.3) is 0 Å². The van der Waals surface area contributed by atoms with Crippen molar-refractivity contribution in [3.05, 3.63) is 28.7 Å². The zero-order valence-corrected chi connectivity index (χ0v) is 10.7. The van der Waals surface area contributed by atoms with Gasteiger partial charge in [-0.3, -0.25) is 0 Å². The predicted molar refractivity (Wildman–Crippen MR) is 68.4 cm³/mol. The molecule has 0 spiro atoms. The first kappa shape index (κ1) is 11.0. The first-order valence-electron chi connectivity index (χ1n) is 4.77. The fourth-order valence-electron chi connectivity index (χ4n) is 1.44. The van der Waals surface area contributed by atoms with Gasteiger partial charge in [0.15, 0.2) is 0 Å². The molecule has 5 heteroatoms. The van der Waals surface area contributed by atoms with E-state index in [4.69, 9.17) is 10.3 Å². The summed E-state index contributed by atoms with van der Waals surface area (Å²) in [5.41, 5.74) is 8.30. The summed E-state index contributed by atoms with van der Waals surface area (Å²) < 4.78 is 5.89. The first-order valence-corrected chi connectivity index (χ1v) is 5.56. The molecule has 0 saturated heterocycles. The lowest BCUT2D eigenvalue weighted by Gasteiger charge is -2.15. The molecule has 84 valence electrons. The quantitative estimate of drug-likeness (QED) is 0.920. The van der Waals surface area contributed by atoms with Crippen LogP contribution in [-0.4, -0.2) is 19.3 Å². The topological polar surface area (TPSA) is 55.3 Å². The van der Waals surface area contributed by atoms with Crippen LogP contribution < -0.4 is 10.6 Å². The maximum absolute atomic E-state index is 5.49. The van der Waals surface area contributed by atoms with Crippen LogP contribution in [0.3, 0.4) is 0 Å². The van der Waals surface area contributed by atoms with Crippen LogP contribution in [-0.2, 0) is 0 Å². The Hall–Kier alpha value is -1.49. The van der Waals surface area contributed by atoms with Gasteiger partial charge in [-0.05, 0) is 28.1 Å². The number of aromatic nitrogens is 1. The number of nitrogens with two attached hydrogens (primary N) is 1. The smallest absolute Gasteiger partial charge is 0.222 e. The van der Waals surface area contributed by atoms with Gasteiger partial charge in [0.05, 0.1) is 5.69 Å². The van der Waals surface area contributed by atoms with Gasteiger partial charge in [-0.1, -0.05) is 11.2 Å². The maximum Gasteiger partial charge on any atom is 0.222 e. The van der Waals surface area contributed by atoms with Gasteiger partial charge in [-0.15, -0.1) is 0 Å². The number of halogens is 1. The molecule has 0 amide bonds. The summed E-state index contributed by atoms with van der Waals surface area (Å²) >= 11 is 3.50. The summed E-state index contributed by atoms with van der Waals surface area (Å²) in [4.78, 5) is 2.02. The third kappa shape index (κ3) is 2.04. The molecule has 4 nitrogen and oxygen atoms in total. The zero-order valence-electron chi connectivity index (χ0n) is 9.07. The van der Waals surface area contributed by atoms with E-state index in [0.717, 1.165) is 21.4 Å². The Labute approximate surface area is 102 Å². The highest BCUT2D eigenvalue weighted by atomic mass is 79.9. The molecule has 2 aromatic rings. The Morgan fingerprint density at radius 2 is 2.06 bits per heavy atom. The summed E-state index contributed by atoms with van der Waals surface area (Å²) in [5.74, 6) is 0.323. The molecule has 1 aromatic heterocycles. The highest BCUT2D eigenvalue weighted by Crippen LogP contribution is 2.30. The summed E-state index contributed by atoms with van der Waals surface area (Å²) in [6, 6.07) is 7.69. The van der Waals surface area contributed by atoms with Gasteiger partial charge >= 0.3 is 0 Å². The number of nitrogens with zero attached hydrogens (tertiary/aromatic N) is 2. The largest absolute Gasteiger partial charge is 0.377 e. The van der Waals surface area contributed by atoms with Crippen molar-refractivity contribution in [2.24, 2.45) is 0 Å². The molecule has 0 unspecified atom stereocenters. The second kappa shape index (κ2) is 4.17. The van der Waals surface area contributed by atoms with E-state index in [1.54, 1.807) is 6.07 Å². The van der Waals surface area contributed by atoms with Crippen molar-refractivity contribution in [2.75, 3.05) is 24.7 Å². The highest BCUT2D eigenvalue weighted by molar-refractivity contribution is 9.10. The van der Waals surface area contributed by atoms with E-state index < -0.39 is 0 Å². The van der Waals surface area contributed by atoms with Crippen molar-refractivity contribution in [1.29, 1.82) is 0 Å². The Morgan fingerprint density at radius 3 is 2.62 bits per heavy atom. The minimum absolute atomic E-state index is 0.323. The number of hydrogen-bond acceptors (Lipinski definition) is 4. The fraction of sp³-hybridized carbons (Fsp3) is 0.182. The van der Waals surface area contributed by atoms with Crippen molar-refractivity contribution in [2.45, 2.75) is 0 Å². The van der Waals surface area contributed by atoms with Crippen LogP contribution in [0.25, 0.3) is 11.3 Å². The lowest BCUT2D eigenvalue weighted by molar-refractivity contribution is 0.439. The molecule has 0 aliphatic heterocycles. The zero-order chi connectivity index (χ0) is 11.7. The van der Waals surface area contributed by atoms with E-state index in [1.165, 1.54) is 0 Å². The van der Waals surface area contributed by atoms with Gasteiger partial charge < -0.3 is 15.2 Å². The summed E-state index contributed by atoms with van der Waals surface area (Å²) in [6.45, 7) is 0. The molecule has 0 aliphatic rings. The molecule has 0 radical (unpaired) electrons. The monoisotopic (exact) mass is 281 g/mol. The average molecular weight is 282 g/mol. The number of rotatable bonds is 2. The second-order valence-corrected chi connectivity index (χ2v) is 4.53. The van der Waals surface area contributed by atoms with Crippen LogP contribution >= 0.6 is 15.9 Å². The number of benzene rings is 1. The molecule has 0 bridgehead atoms. The third-order valence-electron chi connectivity index (χ3n) is 2.25. The van der Waals surface area contributed by atoms with Crippen LogP contribution in [0.2, 0.25) is 0 Å². The van der Waals surface area contributed by atoms with E-state index in [2.05, 4.69) is 21.1 Å². The van der Waals surface area contributed by atoms with E-state index in [9.17, 15) is 0 Å². The lowest BCUT2D eigenvalue weighted by Crippen LogP contribution is -2.09. The van der Waals surface area contributed by atoms with E-state index >= 15 is 0 Å². The van der Waals surface area contributed by atoms with Crippen LogP contribution in [0.5, 0.6) is 0 Å². The number of hydrogen-bond donors (Lipinski definition) is 1. The normalized spacial score (nSPS) is 10.4. The fourth-order valence-corrected chi connectivity index (χ4v) is 2.04. The van der Waals surface area contributed by atoms with Crippen molar-refractivity contribution >= 4 is 27.5 Å². The first-order chi connectivity index (χ1) is 7.58. The van der Waals surface area contributed by atoms with Gasteiger partial charge in [0.1, 0.15) is 5.69 Å². The molecule has 0 saturated carbocycles. The Morgan fingerprint density at radius 1 is 1.31 bits per heavy atom. The van der Waals surface area contributed by atoms with E-state index in [-0.39, 0.29) is 0 Å².